The van der Waals surface area contributed by atoms with Gasteiger partial charge in [-0.05, 0) is 47.6 Å². The minimum atomic E-state index is -0.611. The lowest BCUT2D eigenvalue weighted by Gasteiger charge is -2.12. The average Bonchev–Trinajstić information content (AvgIpc) is 2.94. The summed E-state index contributed by atoms with van der Waals surface area (Å²) in [7, 11) is -0.611. The molecule has 0 fully saturated rings. The third-order valence-electron chi connectivity index (χ3n) is 4.98. The van der Waals surface area contributed by atoms with Crippen LogP contribution >= 0.6 is 0 Å². The van der Waals surface area contributed by atoms with E-state index in [4.69, 9.17) is 0 Å². The van der Waals surface area contributed by atoms with Gasteiger partial charge in [-0.3, -0.25) is 0 Å². The molecule has 3 aromatic carbocycles. The zero-order chi connectivity index (χ0) is 38.3. The van der Waals surface area contributed by atoms with Crippen molar-refractivity contribution >= 4 is 8.07 Å². The van der Waals surface area contributed by atoms with Gasteiger partial charge in [0.1, 0.15) is 0 Å². The molecule has 0 N–H and O–H groups in total. The Balaban J connectivity index is -0.000000152. The van der Waals surface area contributed by atoms with E-state index in [-0.39, 0.29) is 0 Å². The van der Waals surface area contributed by atoms with Crippen LogP contribution in [0.3, 0.4) is 0 Å². The van der Waals surface area contributed by atoms with E-state index in [0.717, 1.165) is 11.8 Å². The Hall–Kier alpha value is -2.12. The predicted molar refractivity (Wildman–Crippen MR) is 229 cm³/mol. The van der Waals surface area contributed by atoms with Gasteiger partial charge < -0.3 is 0 Å². The first-order valence-corrected chi connectivity index (χ1v) is 22.5. The highest BCUT2D eigenvalue weighted by Gasteiger charge is 2.03. The van der Waals surface area contributed by atoms with Crippen LogP contribution in [0.25, 0.3) is 11.1 Å². The molecule has 0 saturated carbocycles. The molecule has 0 spiro atoms. The molecule has 0 nitrogen and oxygen atoms in total. The zero-order valence-electron chi connectivity index (χ0n) is 36.2. The summed E-state index contributed by atoms with van der Waals surface area (Å²) >= 11 is 0. The molecule has 0 aliphatic rings. The van der Waals surface area contributed by atoms with Gasteiger partial charge in [-0.1, -0.05) is 246 Å². The minimum Gasteiger partial charge on any atom is -0.0697 e. The third-order valence-corrected chi connectivity index (χ3v) is 4.98. The second-order valence-corrected chi connectivity index (χ2v) is 23.3. The lowest BCUT2D eigenvalue weighted by atomic mass is 9.94. The summed E-state index contributed by atoms with van der Waals surface area (Å²) < 4.78 is 0. The highest BCUT2D eigenvalue weighted by atomic mass is 28.3. The van der Waals surface area contributed by atoms with E-state index in [2.05, 4.69) is 198 Å². The fraction of sp³-hybridized carbons (Fsp3) is 0.609. The molecule has 0 unspecified atom stereocenters. The largest absolute Gasteiger partial charge is 0.0697 e. The van der Waals surface area contributed by atoms with Crippen molar-refractivity contribution in [3.8, 4) is 11.1 Å². The third kappa shape index (κ3) is 71.2. The summed E-state index contributed by atoms with van der Waals surface area (Å²) in [6, 6.07) is 29.3. The SMILES string of the molecule is CC.CC(C)(C)C.CC(C)C.CCC(C)(C)C.CCC(C)C.C[Si](C)(C)C.Cc1ccc(-c2ccccc2)cc1.Cc1ccccc1. The summed E-state index contributed by atoms with van der Waals surface area (Å²) in [4.78, 5) is 0. The second-order valence-electron chi connectivity index (χ2n) is 17.3. The normalized spacial score (nSPS) is 10.0. The van der Waals surface area contributed by atoms with Crippen molar-refractivity contribution in [2.45, 2.75) is 164 Å². The molecule has 0 radical (unpaired) electrons. The van der Waals surface area contributed by atoms with Gasteiger partial charge in [0, 0.05) is 8.07 Å². The maximum Gasteiger partial charge on any atom is 0.0411 e. The maximum atomic E-state index is 2.33. The first kappa shape index (κ1) is 54.3. The highest BCUT2D eigenvalue weighted by Crippen LogP contribution is 2.18. The maximum absolute atomic E-state index is 2.33. The van der Waals surface area contributed by atoms with E-state index in [1.54, 1.807) is 0 Å². The Bertz CT molecular complexity index is 951. The topological polar surface area (TPSA) is 0 Å². The molecule has 1 heteroatoms. The molecule has 0 atom stereocenters. The van der Waals surface area contributed by atoms with Gasteiger partial charge in [-0.2, -0.15) is 0 Å². The van der Waals surface area contributed by atoms with Crippen LogP contribution in [0.5, 0.6) is 0 Å². The molecule has 3 rings (SSSR count). The number of hydrogen-bond donors (Lipinski definition) is 0. The number of aryl methyl sites for hydroxylation is 2. The lowest BCUT2D eigenvalue weighted by molar-refractivity contribution is 0.398. The van der Waals surface area contributed by atoms with Gasteiger partial charge >= 0.3 is 0 Å². The van der Waals surface area contributed by atoms with Crippen LogP contribution in [0, 0.1) is 36.5 Å². The van der Waals surface area contributed by atoms with Crippen LogP contribution < -0.4 is 0 Å². The van der Waals surface area contributed by atoms with E-state index in [1.807, 2.05) is 38.1 Å². The van der Waals surface area contributed by atoms with E-state index in [1.165, 1.54) is 35.1 Å². The average molecular weight is 667 g/mol. The quantitative estimate of drug-likeness (QED) is 0.239. The van der Waals surface area contributed by atoms with Crippen LogP contribution in [-0.4, -0.2) is 8.07 Å². The lowest BCUT2D eigenvalue weighted by Crippen LogP contribution is -2.10. The van der Waals surface area contributed by atoms with Gasteiger partial charge in [0.05, 0.1) is 0 Å². The Morgan fingerprint density at radius 1 is 0.511 bits per heavy atom. The van der Waals surface area contributed by atoms with Crippen molar-refractivity contribution in [3.63, 3.8) is 0 Å². The molecule has 0 aliphatic carbocycles. The van der Waals surface area contributed by atoms with Crippen LogP contribution in [-0.2, 0) is 0 Å². The Kier molecular flexibility index (Phi) is 37.5. The van der Waals surface area contributed by atoms with E-state index >= 15 is 0 Å². The Morgan fingerprint density at radius 2 is 0.723 bits per heavy atom. The number of hydrogen-bond acceptors (Lipinski definition) is 0. The molecular weight excluding hydrogens is 581 g/mol. The van der Waals surface area contributed by atoms with Crippen LogP contribution in [0.2, 0.25) is 26.2 Å². The molecule has 3 aromatic rings. The molecule has 0 aliphatic heterocycles. The smallest absolute Gasteiger partial charge is 0.0411 e. The molecule has 47 heavy (non-hydrogen) atoms. The summed E-state index contributed by atoms with van der Waals surface area (Å²) in [6.07, 6.45) is 2.58. The van der Waals surface area contributed by atoms with Gasteiger partial charge in [-0.15, -0.1) is 0 Å². The zero-order valence-corrected chi connectivity index (χ0v) is 37.2. The molecule has 274 valence electrons. The fourth-order valence-electron chi connectivity index (χ4n) is 1.91. The molecule has 0 heterocycles. The summed E-state index contributed by atoms with van der Waals surface area (Å²) in [5, 5.41) is 0. The van der Waals surface area contributed by atoms with Gasteiger partial charge in [0.25, 0.3) is 0 Å². The van der Waals surface area contributed by atoms with Gasteiger partial charge in [0.2, 0.25) is 0 Å². The summed E-state index contributed by atoms with van der Waals surface area (Å²) in [6.45, 7) is 48.3. The van der Waals surface area contributed by atoms with Crippen LogP contribution in [0.4, 0.5) is 0 Å². The van der Waals surface area contributed by atoms with Crippen LogP contribution in [0.15, 0.2) is 84.9 Å². The molecule has 0 saturated heterocycles. The first-order chi connectivity index (χ1) is 21.3. The predicted octanol–water partition coefficient (Wildman–Crippen LogP) is 16.8. The van der Waals surface area contributed by atoms with Crippen molar-refractivity contribution in [2.24, 2.45) is 22.7 Å². The monoisotopic (exact) mass is 667 g/mol. The first-order valence-electron chi connectivity index (χ1n) is 18.5. The van der Waals surface area contributed by atoms with Gasteiger partial charge in [0.15, 0.2) is 0 Å². The van der Waals surface area contributed by atoms with Gasteiger partial charge in [-0.25, -0.2) is 0 Å². The minimum absolute atomic E-state index is 0.500. The van der Waals surface area contributed by atoms with Crippen molar-refractivity contribution in [1.29, 1.82) is 0 Å². The Labute approximate surface area is 300 Å². The molecular formula is C46H86Si. The standard InChI is InChI=1S/C13H12.C7H8.C6H14.2C5H12.C4H12Si.C4H10.C2H6/c1-11-7-9-13(10-8-11)12-5-3-2-4-6-12;1-7-5-3-2-4-6-7;1-5-6(2,3)4;1-5(2,3)4;1-4-5(2)3;1-5(2,3)4;1-4(2)3;1-2/h2-10H,1H3;2-6H,1H3;5H2,1-4H3;1-4H3;5H,4H2,1-3H3;1-4H3;4H,1-3H3;1-2H3. The fourth-order valence-corrected chi connectivity index (χ4v) is 1.91. The van der Waals surface area contributed by atoms with Crippen molar-refractivity contribution in [2.75, 3.05) is 0 Å². The molecule has 0 bridgehead atoms. The van der Waals surface area contributed by atoms with E-state index < -0.39 is 8.07 Å². The van der Waals surface area contributed by atoms with E-state index in [9.17, 15) is 0 Å². The van der Waals surface area contributed by atoms with E-state index in [0.29, 0.717) is 10.8 Å². The number of benzene rings is 3. The number of rotatable bonds is 2. The van der Waals surface area contributed by atoms with Crippen molar-refractivity contribution in [1.82, 2.24) is 0 Å². The van der Waals surface area contributed by atoms with Crippen molar-refractivity contribution < 1.29 is 0 Å². The second kappa shape index (κ2) is 32.4. The molecule has 0 amide bonds. The summed E-state index contributed by atoms with van der Waals surface area (Å²) in [5.74, 6) is 1.72. The molecule has 0 aromatic heterocycles. The summed E-state index contributed by atoms with van der Waals surface area (Å²) in [5.41, 5.74) is 6.23. The highest BCUT2D eigenvalue weighted by molar-refractivity contribution is 6.74. The Morgan fingerprint density at radius 3 is 0.915 bits per heavy atom. The van der Waals surface area contributed by atoms with Crippen LogP contribution in [0.1, 0.15) is 135 Å². The van der Waals surface area contributed by atoms with Crippen molar-refractivity contribution in [3.05, 3.63) is 96.1 Å².